The van der Waals surface area contributed by atoms with E-state index in [1.54, 1.807) is 0 Å². The highest BCUT2D eigenvalue weighted by molar-refractivity contribution is 4.91. The number of rotatable bonds is 4. The predicted octanol–water partition coefficient (Wildman–Crippen LogP) is 2.49. The van der Waals surface area contributed by atoms with Gasteiger partial charge in [0.2, 0.25) is 0 Å². The van der Waals surface area contributed by atoms with E-state index in [1.807, 2.05) is 0 Å². The van der Waals surface area contributed by atoms with E-state index >= 15 is 0 Å². The average molecular weight is 253 g/mol. The number of hydrogen-bond donors (Lipinski definition) is 1. The summed E-state index contributed by atoms with van der Waals surface area (Å²) in [4.78, 5) is 0. The van der Waals surface area contributed by atoms with E-state index in [9.17, 15) is 0 Å². The van der Waals surface area contributed by atoms with Crippen LogP contribution in [0.1, 0.15) is 51.4 Å². The van der Waals surface area contributed by atoms with Crippen molar-refractivity contribution in [1.29, 1.82) is 0 Å². The summed E-state index contributed by atoms with van der Waals surface area (Å²) < 4.78 is 11.5. The van der Waals surface area contributed by atoms with E-state index in [-0.39, 0.29) is 5.60 Å². The van der Waals surface area contributed by atoms with Crippen molar-refractivity contribution in [2.24, 2.45) is 5.92 Å². The highest BCUT2D eigenvalue weighted by atomic mass is 16.5. The number of hydrogen-bond acceptors (Lipinski definition) is 3. The van der Waals surface area contributed by atoms with E-state index in [4.69, 9.17) is 9.47 Å². The maximum Gasteiger partial charge on any atom is 0.0741 e. The van der Waals surface area contributed by atoms with Crippen molar-refractivity contribution < 1.29 is 9.47 Å². The van der Waals surface area contributed by atoms with E-state index in [0.717, 1.165) is 38.6 Å². The van der Waals surface area contributed by atoms with Crippen LogP contribution in [0.3, 0.4) is 0 Å². The van der Waals surface area contributed by atoms with Gasteiger partial charge < -0.3 is 14.8 Å². The third kappa shape index (κ3) is 3.06. The zero-order chi connectivity index (χ0) is 12.3. The minimum atomic E-state index is 0.143. The average Bonchev–Trinajstić information content (AvgIpc) is 2.34. The smallest absolute Gasteiger partial charge is 0.0741 e. The Kier molecular flexibility index (Phi) is 4.22. The molecule has 3 fully saturated rings. The molecule has 1 N–H and O–H groups in total. The van der Waals surface area contributed by atoms with Crippen LogP contribution in [-0.4, -0.2) is 38.0 Å². The van der Waals surface area contributed by atoms with Gasteiger partial charge in [-0.3, -0.25) is 0 Å². The molecule has 0 amide bonds. The van der Waals surface area contributed by atoms with Gasteiger partial charge in [-0.1, -0.05) is 19.3 Å². The summed E-state index contributed by atoms with van der Waals surface area (Å²) >= 11 is 0. The minimum Gasteiger partial charge on any atom is -0.381 e. The third-order valence-electron chi connectivity index (χ3n) is 5.11. The van der Waals surface area contributed by atoms with Crippen LogP contribution in [0.2, 0.25) is 0 Å². The van der Waals surface area contributed by atoms with Crippen LogP contribution in [0.4, 0.5) is 0 Å². The summed E-state index contributed by atoms with van der Waals surface area (Å²) in [5, 5.41) is 3.77. The Hall–Kier alpha value is -0.120. The molecule has 18 heavy (non-hydrogen) atoms. The highest BCUT2D eigenvalue weighted by Crippen LogP contribution is 2.34. The molecule has 0 aromatic heterocycles. The highest BCUT2D eigenvalue weighted by Gasteiger charge is 2.38. The maximum atomic E-state index is 6.08. The first-order valence-corrected chi connectivity index (χ1v) is 7.81. The maximum absolute atomic E-state index is 6.08. The van der Waals surface area contributed by atoms with Crippen LogP contribution in [-0.2, 0) is 9.47 Å². The van der Waals surface area contributed by atoms with Crippen LogP contribution in [0.5, 0.6) is 0 Å². The molecule has 1 atom stereocenters. The molecule has 2 heterocycles. The molecule has 3 rings (SSSR count). The van der Waals surface area contributed by atoms with Gasteiger partial charge in [-0.2, -0.15) is 0 Å². The molecular formula is C15H27NO2. The molecule has 104 valence electrons. The molecule has 1 unspecified atom stereocenters. The quantitative estimate of drug-likeness (QED) is 0.835. The Morgan fingerprint density at radius 3 is 2.61 bits per heavy atom. The van der Waals surface area contributed by atoms with E-state index in [2.05, 4.69) is 5.32 Å². The zero-order valence-corrected chi connectivity index (χ0v) is 11.5. The lowest BCUT2D eigenvalue weighted by molar-refractivity contribution is -0.140. The Morgan fingerprint density at radius 2 is 1.89 bits per heavy atom. The van der Waals surface area contributed by atoms with E-state index in [1.165, 1.54) is 45.1 Å². The van der Waals surface area contributed by atoms with Crippen LogP contribution in [0.25, 0.3) is 0 Å². The number of ether oxygens (including phenoxy) is 2. The van der Waals surface area contributed by atoms with Crippen LogP contribution in [0, 0.1) is 5.92 Å². The summed E-state index contributed by atoms with van der Waals surface area (Å²) in [6, 6.07) is 0.678. The van der Waals surface area contributed by atoms with Crippen molar-refractivity contribution in [3.63, 3.8) is 0 Å². The summed E-state index contributed by atoms with van der Waals surface area (Å²) in [6.07, 6.45) is 10.3. The molecular weight excluding hydrogens is 226 g/mol. The van der Waals surface area contributed by atoms with Crippen molar-refractivity contribution in [2.75, 3.05) is 26.4 Å². The van der Waals surface area contributed by atoms with E-state index in [0.29, 0.717) is 6.04 Å². The molecule has 0 bridgehead atoms. The van der Waals surface area contributed by atoms with Crippen molar-refractivity contribution >= 4 is 0 Å². The van der Waals surface area contributed by atoms with Gasteiger partial charge in [0.1, 0.15) is 0 Å². The van der Waals surface area contributed by atoms with Crippen LogP contribution in [0.15, 0.2) is 0 Å². The Bertz CT molecular complexity index is 254. The lowest BCUT2D eigenvalue weighted by Gasteiger charge is -2.43. The Morgan fingerprint density at radius 1 is 1.06 bits per heavy atom. The van der Waals surface area contributed by atoms with Gasteiger partial charge in [0, 0.05) is 25.9 Å². The molecule has 0 aromatic carbocycles. The largest absolute Gasteiger partial charge is 0.381 e. The van der Waals surface area contributed by atoms with E-state index < -0.39 is 0 Å². The van der Waals surface area contributed by atoms with Gasteiger partial charge in [0.15, 0.2) is 0 Å². The normalized spacial score (nSPS) is 32.3. The Balaban J connectivity index is 1.41. The van der Waals surface area contributed by atoms with Crippen molar-refractivity contribution in [1.82, 2.24) is 5.32 Å². The third-order valence-corrected chi connectivity index (χ3v) is 5.11. The lowest BCUT2D eigenvalue weighted by Crippen LogP contribution is -2.50. The molecule has 1 spiro atoms. The first-order valence-electron chi connectivity index (χ1n) is 7.81. The first kappa shape index (κ1) is 12.9. The van der Waals surface area contributed by atoms with Gasteiger partial charge in [0.25, 0.3) is 0 Å². The summed E-state index contributed by atoms with van der Waals surface area (Å²) in [7, 11) is 0. The molecule has 1 saturated carbocycles. The predicted molar refractivity (Wildman–Crippen MR) is 71.7 cm³/mol. The standard InChI is InChI=1S/C15H27NO2/c1-2-13(3-1)4-8-16-14-5-9-18-15(12-14)6-10-17-11-7-15/h13-14,16H,1-12H2. The van der Waals surface area contributed by atoms with Gasteiger partial charge in [-0.05, 0) is 44.6 Å². The monoisotopic (exact) mass is 253 g/mol. The SMILES string of the molecule is C1CC(CCNC2CCOC3(CCOCC3)C2)C1. The summed E-state index contributed by atoms with van der Waals surface area (Å²) in [6.45, 7) is 3.91. The molecule has 0 radical (unpaired) electrons. The second-order valence-electron chi connectivity index (χ2n) is 6.37. The molecule has 3 heteroatoms. The Labute approximate surface area is 111 Å². The van der Waals surface area contributed by atoms with Gasteiger partial charge in [-0.25, -0.2) is 0 Å². The summed E-state index contributed by atoms with van der Waals surface area (Å²) in [5.74, 6) is 1.02. The molecule has 0 aromatic rings. The topological polar surface area (TPSA) is 30.5 Å². The minimum absolute atomic E-state index is 0.143. The molecule has 2 saturated heterocycles. The molecule has 2 aliphatic heterocycles. The van der Waals surface area contributed by atoms with Crippen molar-refractivity contribution in [3.8, 4) is 0 Å². The molecule has 3 aliphatic rings. The van der Waals surface area contributed by atoms with Crippen LogP contribution >= 0.6 is 0 Å². The van der Waals surface area contributed by atoms with Crippen molar-refractivity contribution in [2.45, 2.75) is 63.0 Å². The second-order valence-corrected chi connectivity index (χ2v) is 6.37. The van der Waals surface area contributed by atoms with Crippen molar-refractivity contribution in [3.05, 3.63) is 0 Å². The van der Waals surface area contributed by atoms with Gasteiger partial charge >= 0.3 is 0 Å². The van der Waals surface area contributed by atoms with Gasteiger partial charge in [0.05, 0.1) is 5.60 Å². The second kappa shape index (κ2) is 5.89. The number of nitrogens with one attached hydrogen (secondary N) is 1. The fourth-order valence-corrected chi connectivity index (χ4v) is 3.57. The fraction of sp³-hybridized carbons (Fsp3) is 1.00. The fourth-order valence-electron chi connectivity index (χ4n) is 3.57. The van der Waals surface area contributed by atoms with Gasteiger partial charge in [-0.15, -0.1) is 0 Å². The van der Waals surface area contributed by atoms with Crippen LogP contribution < -0.4 is 5.32 Å². The lowest BCUT2D eigenvalue weighted by atomic mass is 9.82. The molecule has 3 nitrogen and oxygen atoms in total. The summed E-state index contributed by atoms with van der Waals surface area (Å²) in [5.41, 5.74) is 0.143. The first-order chi connectivity index (χ1) is 8.86. The zero-order valence-electron chi connectivity index (χ0n) is 11.5. The molecule has 1 aliphatic carbocycles.